The molecule has 16 heavy (non-hydrogen) atoms. The van der Waals surface area contributed by atoms with E-state index < -0.39 is 5.72 Å². The van der Waals surface area contributed by atoms with E-state index in [-0.39, 0.29) is 5.91 Å². The largest absolute Gasteiger partial charge is 0.367 e. The summed E-state index contributed by atoms with van der Waals surface area (Å²) in [5, 5.41) is 10.2. The Hall–Kier alpha value is -1.61. The third-order valence-electron chi connectivity index (χ3n) is 2.99. The van der Waals surface area contributed by atoms with Crippen LogP contribution in [-0.2, 0) is 11.3 Å². The molecular weight excluding hydrogens is 202 g/mol. The van der Waals surface area contributed by atoms with Gasteiger partial charge in [0.05, 0.1) is 0 Å². The minimum atomic E-state index is -1.17. The van der Waals surface area contributed by atoms with Crippen LogP contribution in [0, 0.1) is 0 Å². The van der Waals surface area contributed by atoms with Gasteiger partial charge in [-0.15, -0.1) is 0 Å². The van der Waals surface area contributed by atoms with Gasteiger partial charge >= 0.3 is 0 Å². The lowest BCUT2D eigenvalue weighted by atomic mass is 10.1. The van der Waals surface area contributed by atoms with Crippen LogP contribution in [0.2, 0.25) is 0 Å². The Morgan fingerprint density at radius 2 is 2.12 bits per heavy atom. The summed E-state index contributed by atoms with van der Waals surface area (Å²) in [7, 11) is 0. The minimum absolute atomic E-state index is 0.0220. The van der Waals surface area contributed by atoms with Gasteiger partial charge in [0, 0.05) is 19.4 Å². The number of carbonyl (C=O) groups excluding carboxylic acids is 1. The van der Waals surface area contributed by atoms with Gasteiger partial charge in [-0.1, -0.05) is 36.9 Å². The summed E-state index contributed by atoms with van der Waals surface area (Å²) in [5.41, 5.74) is -0.162. The van der Waals surface area contributed by atoms with Crippen LogP contribution in [0.4, 0.5) is 0 Å². The molecule has 84 valence electrons. The molecule has 1 N–H and O–H groups in total. The maximum absolute atomic E-state index is 11.7. The molecule has 0 aromatic heterocycles. The van der Waals surface area contributed by atoms with Crippen molar-refractivity contribution < 1.29 is 9.90 Å². The molecule has 3 heteroatoms. The molecule has 1 aromatic rings. The first-order valence-corrected chi connectivity index (χ1v) is 5.36. The van der Waals surface area contributed by atoms with Crippen molar-refractivity contribution >= 4 is 5.91 Å². The topological polar surface area (TPSA) is 40.5 Å². The Bertz CT molecular complexity index is 402. The first-order chi connectivity index (χ1) is 7.65. The van der Waals surface area contributed by atoms with Crippen molar-refractivity contribution in [3.8, 4) is 0 Å². The highest BCUT2D eigenvalue weighted by molar-refractivity contribution is 5.79. The summed E-state index contributed by atoms with van der Waals surface area (Å²) in [6.07, 6.45) is 2.26. The molecule has 1 aliphatic rings. The highest BCUT2D eigenvalue weighted by Crippen LogP contribution is 2.30. The second-order valence-electron chi connectivity index (χ2n) is 4.05. The predicted molar refractivity (Wildman–Crippen MR) is 61.4 cm³/mol. The highest BCUT2D eigenvalue weighted by atomic mass is 16.3. The molecule has 1 heterocycles. The van der Waals surface area contributed by atoms with E-state index in [1.165, 1.54) is 11.0 Å². The minimum Gasteiger partial charge on any atom is -0.367 e. The van der Waals surface area contributed by atoms with Crippen molar-refractivity contribution in [2.75, 3.05) is 0 Å². The Labute approximate surface area is 95.0 Å². The zero-order valence-electron chi connectivity index (χ0n) is 9.10. The average Bonchev–Trinajstić information content (AvgIpc) is 2.60. The molecule has 1 fully saturated rings. The fourth-order valence-corrected chi connectivity index (χ4v) is 1.98. The van der Waals surface area contributed by atoms with Gasteiger partial charge in [0.1, 0.15) is 0 Å². The number of aliphatic hydroxyl groups is 1. The molecule has 1 saturated heterocycles. The van der Waals surface area contributed by atoms with Gasteiger partial charge < -0.3 is 10.0 Å². The van der Waals surface area contributed by atoms with Gasteiger partial charge in [0.15, 0.2) is 5.72 Å². The molecule has 1 amide bonds. The standard InChI is InChI=1S/C13H15NO2/c1-2-13(16)9-8-12(15)14(13)10-11-6-4-3-5-7-11/h2-7,16H,1,8-10H2. The monoisotopic (exact) mass is 217 g/mol. The van der Waals surface area contributed by atoms with Gasteiger partial charge in [-0.25, -0.2) is 0 Å². The molecule has 1 aliphatic heterocycles. The second-order valence-corrected chi connectivity index (χ2v) is 4.05. The number of hydrogen-bond donors (Lipinski definition) is 1. The predicted octanol–water partition coefficient (Wildman–Crippen LogP) is 1.68. The van der Waals surface area contributed by atoms with Gasteiger partial charge in [0.2, 0.25) is 5.91 Å². The van der Waals surface area contributed by atoms with E-state index in [1.807, 2.05) is 30.3 Å². The molecule has 1 atom stereocenters. The van der Waals surface area contributed by atoms with Crippen molar-refractivity contribution in [2.45, 2.75) is 25.1 Å². The fraction of sp³-hybridized carbons (Fsp3) is 0.308. The van der Waals surface area contributed by atoms with Crippen LogP contribution in [0.25, 0.3) is 0 Å². The molecule has 0 saturated carbocycles. The molecule has 0 bridgehead atoms. The fourth-order valence-electron chi connectivity index (χ4n) is 1.98. The summed E-state index contributed by atoms with van der Waals surface area (Å²) in [6, 6.07) is 9.64. The lowest BCUT2D eigenvalue weighted by Crippen LogP contribution is -2.43. The molecule has 1 aromatic carbocycles. The molecule has 0 radical (unpaired) electrons. The number of benzene rings is 1. The summed E-state index contributed by atoms with van der Waals surface area (Å²) in [6.45, 7) is 4.03. The zero-order valence-corrected chi connectivity index (χ0v) is 9.10. The van der Waals surface area contributed by atoms with Gasteiger partial charge in [-0.3, -0.25) is 4.79 Å². The van der Waals surface area contributed by atoms with Crippen LogP contribution in [0.1, 0.15) is 18.4 Å². The molecule has 1 unspecified atom stereocenters. The van der Waals surface area contributed by atoms with E-state index in [9.17, 15) is 9.90 Å². The van der Waals surface area contributed by atoms with Crippen LogP contribution in [0.5, 0.6) is 0 Å². The van der Waals surface area contributed by atoms with Crippen LogP contribution in [-0.4, -0.2) is 21.6 Å². The summed E-state index contributed by atoms with van der Waals surface area (Å²) in [5.74, 6) is -0.0220. The van der Waals surface area contributed by atoms with E-state index in [2.05, 4.69) is 6.58 Å². The van der Waals surface area contributed by atoms with E-state index >= 15 is 0 Å². The first kappa shape index (κ1) is 10.9. The average molecular weight is 217 g/mol. The maximum Gasteiger partial charge on any atom is 0.225 e. The van der Waals surface area contributed by atoms with Crippen LogP contribution < -0.4 is 0 Å². The first-order valence-electron chi connectivity index (χ1n) is 5.36. The summed E-state index contributed by atoms with van der Waals surface area (Å²) >= 11 is 0. The van der Waals surface area contributed by atoms with Crippen LogP contribution in [0.15, 0.2) is 43.0 Å². The molecule has 0 aliphatic carbocycles. The second kappa shape index (κ2) is 4.10. The maximum atomic E-state index is 11.7. The van der Waals surface area contributed by atoms with E-state index in [0.29, 0.717) is 19.4 Å². The van der Waals surface area contributed by atoms with E-state index in [1.54, 1.807) is 0 Å². The lowest BCUT2D eigenvalue weighted by Gasteiger charge is -2.30. The van der Waals surface area contributed by atoms with Crippen LogP contribution in [0.3, 0.4) is 0 Å². The van der Waals surface area contributed by atoms with Gasteiger partial charge in [0.25, 0.3) is 0 Å². The summed E-state index contributed by atoms with van der Waals surface area (Å²) < 4.78 is 0. The van der Waals surface area contributed by atoms with Crippen molar-refractivity contribution in [3.63, 3.8) is 0 Å². The Morgan fingerprint density at radius 1 is 1.44 bits per heavy atom. The Morgan fingerprint density at radius 3 is 2.75 bits per heavy atom. The van der Waals surface area contributed by atoms with Crippen molar-refractivity contribution in [3.05, 3.63) is 48.6 Å². The number of amides is 1. The third kappa shape index (κ3) is 1.86. The summed E-state index contributed by atoms with van der Waals surface area (Å²) in [4.78, 5) is 13.2. The molecule has 2 rings (SSSR count). The molecular formula is C13H15NO2. The van der Waals surface area contributed by atoms with E-state index in [0.717, 1.165) is 5.56 Å². The number of hydrogen-bond acceptors (Lipinski definition) is 2. The molecule has 0 spiro atoms. The quantitative estimate of drug-likeness (QED) is 0.783. The SMILES string of the molecule is C=CC1(O)CCC(=O)N1Cc1ccccc1. The highest BCUT2D eigenvalue weighted by Gasteiger charge is 2.41. The normalized spacial score (nSPS) is 24.8. The van der Waals surface area contributed by atoms with Gasteiger partial charge in [-0.2, -0.15) is 0 Å². The van der Waals surface area contributed by atoms with Gasteiger partial charge in [-0.05, 0) is 11.6 Å². The van der Waals surface area contributed by atoms with E-state index in [4.69, 9.17) is 0 Å². The van der Waals surface area contributed by atoms with Crippen molar-refractivity contribution in [1.29, 1.82) is 0 Å². The van der Waals surface area contributed by atoms with Crippen LogP contribution >= 0.6 is 0 Å². The lowest BCUT2D eigenvalue weighted by molar-refractivity contribution is -0.140. The molecule has 3 nitrogen and oxygen atoms in total. The number of nitrogens with zero attached hydrogens (tertiary/aromatic N) is 1. The number of carbonyl (C=O) groups is 1. The Balaban J connectivity index is 2.20. The third-order valence-corrected chi connectivity index (χ3v) is 2.99. The van der Waals surface area contributed by atoms with Crippen molar-refractivity contribution in [1.82, 2.24) is 4.90 Å². The zero-order chi connectivity index (χ0) is 11.6. The van der Waals surface area contributed by atoms with Crippen molar-refractivity contribution in [2.24, 2.45) is 0 Å². The smallest absolute Gasteiger partial charge is 0.225 e. The Kier molecular flexibility index (Phi) is 2.79. The number of rotatable bonds is 3. The number of likely N-dealkylation sites (tertiary alicyclic amines) is 1.